The van der Waals surface area contributed by atoms with Crippen LogP contribution in [0.3, 0.4) is 0 Å². The summed E-state index contributed by atoms with van der Waals surface area (Å²) in [6, 6.07) is 0.586. The van der Waals surface area contributed by atoms with Gasteiger partial charge in [-0.25, -0.2) is 0 Å². The number of rotatable bonds is 4. The number of hydrogen-bond acceptors (Lipinski definition) is 5. The van der Waals surface area contributed by atoms with Crippen LogP contribution in [0.1, 0.15) is 36.0 Å². The van der Waals surface area contributed by atoms with Crippen LogP contribution in [0.5, 0.6) is 5.88 Å². The van der Waals surface area contributed by atoms with Gasteiger partial charge in [-0.05, 0) is 25.7 Å². The van der Waals surface area contributed by atoms with E-state index in [0.717, 1.165) is 51.9 Å². The largest absolute Gasteiger partial charge is 0.479 e. The molecule has 2 fully saturated rings. The molecule has 0 spiro atoms. The van der Waals surface area contributed by atoms with Gasteiger partial charge in [-0.2, -0.15) is 0 Å². The Bertz CT molecular complexity index is 558. The van der Waals surface area contributed by atoms with Crippen molar-refractivity contribution >= 4 is 5.91 Å². The molecular formula is C17H28N4O3. The Morgan fingerprint density at radius 3 is 2.38 bits per heavy atom. The number of likely N-dealkylation sites (tertiary alicyclic amines) is 2. The molecule has 2 aliphatic heterocycles. The van der Waals surface area contributed by atoms with Crippen LogP contribution in [-0.2, 0) is 11.8 Å². The minimum Gasteiger partial charge on any atom is -0.479 e. The van der Waals surface area contributed by atoms with Crippen molar-refractivity contribution in [3.63, 3.8) is 0 Å². The number of aromatic nitrogens is 2. The van der Waals surface area contributed by atoms with Crippen LogP contribution in [0.15, 0.2) is 6.20 Å². The minimum absolute atomic E-state index is 0.0245. The molecule has 0 radical (unpaired) electrons. The predicted octanol–water partition coefficient (Wildman–Crippen LogP) is 1.14. The number of carbonyl (C=O) groups is 1. The van der Waals surface area contributed by atoms with E-state index in [1.54, 1.807) is 32.1 Å². The quantitative estimate of drug-likeness (QED) is 0.825. The van der Waals surface area contributed by atoms with Gasteiger partial charge in [0.1, 0.15) is 5.56 Å². The molecule has 1 amide bonds. The highest BCUT2D eigenvalue weighted by Gasteiger charge is 2.31. The second-order valence-corrected chi connectivity index (χ2v) is 6.72. The summed E-state index contributed by atoms with van der Waals surface area (Å²) in [5.41, 5.74) is 0.555. The van der Waals surface area contributed by atoms with Gasteiger partial charge in [0, 0.05) is 52.6 Å². The number of methoxy groups -OCH3 is 2. The van der Waals surface area contributed by atoms with Crippen LogP contribution in [0, 0.1) is 0 Å². The molecule has 3 rings (SSSR count). The zero-order chi connectivity index (χ0) is 17.1. The molecule has 7 heteroatoms. The number of nitrogens with zero attached hydrogens (tertiary/aromatic N) is 4. The Morgan fingerprint density at radius 2 is 1.79 bits per heavy atom. The van der Waals surface area contributed by atoms with Crippen LogP contribution >= 0.6 is 0 Å². The summed E-state index contributed by atoms with van der Waals surface area (Å²) in [5, 5.41) is 4.18. The number of hydrogen-bond donors (Lipinski definition) is 0. The van der Waals surface area contributed by atoms with E-state index in [1.165, 1.54) is 0 Å². The molecule has 0 saturated carbocycles. The van der Waals surface area contributed by atoms with E-state index in [1.807, 2.05) is 4.90 Å². The zero-order valence-electron chi connectivity index (χ0n) is 14.9. The summed E-state index contributed by atoms with van der Waals surface area (Å²) < 4.78 is 12.3. The van der Waals surface area contributed by atoms with E-state index in [2.05, 4.69) is 10.00 Å². The fraction of sp³-hybridized carbons (Fsp3) is 0.765. The van der Waals surface area contributed by atoms with Gasteiger partial charge in [0.2, 0.25) is 5.88 Å². The van der Waals surface area contributed by atoms with Crippen LogP contribution in [0.4, 0.5) is 0 Å². The first-order valence-electron chi connectivity index (χ1n) is 8.76. The predicted molar refractivity (Wildman–Crippen MR) is 90.3 cm³/mol. The fourth-order valence-corrected chi connectivity index (χ4v) is 3.85. The molecular weight excluding hydrogens is 308 g/mol. The standard InChI is InChI=1S/C17H28N4O3/c1-19-12-15(16(18-19)24-3)17(22)21-8-4-13(5-9-21)20-10-6-14(23-2)7-11-20/h12-14H,4-11H2,1-3H3. The average molecular weight is 336 g/mol. The molecule has 2 aliphatic rings. The van der Waals surface area contributed by atoms with E-state index in [-0.39, 0.29) is 5.91 Å². The minimum atomic E-state index is 0.0245. The van der Waals surface area contributed by atoms with Crippen molar-refractivity contribution in [1.29, 1.82) is 0 Å². The average Bonchev–Trinajstić information content (AvgIpc) is 3.02. The van der Waals surface area contributed by atoms with Crippen molar-refractivity contribution < 1.29 is 14.3 Å². The van der Waals surface area contributed by atoms with Gasteiger partial charge in [0.05, 0.1) is 13.2 Å². The highest BCUT2D eigenvalue weighted by atomic mass is 16.5. The highest BCUT2D eigenvalue weighted by Crippen LogP contribution is 2.24. The third-order valence-electron chi connectivity index (χ3n) is 5.30. The molecule has 3 heterocycles. The molecule has 1 aromatic heterocycles. The lowest BCUT2D eigenvalue weighted by atomic mass is 9.98. The molecule has 2 saturated heterocycles. The van der Waals surface area contributed by atoms with E-state index < -0.39 is 0 Å². The molecule has 0 atom stereocenters. The van der Waals surface area contributed by atoms with Gasteiger partial charge in [-0.15, -0.1) is 5.10 Å². The van der Waals surface area contributed by atoms with Gasteiger partial charge in [-0.3, -0.25) is 9.48 Å². The van der Waals surface area contributed by atoms with Gasteiger partial charge < -0.3 is 19.3 Å². The lowest BCUT2D eigenvalue weighted by Crippen LogP contribution is -2.49. The molecule has 134 valence electrons. The first-order valence-corrected chi connectivity index (χ1v) is 8.76. The first kappa shape index (κ1) is 17.2. The highest BCUT2D eigenvalue weighted by molar-refractivity contribution is 5.96. The van der Waals surface area contributed by atoms with Crippen LogP contribution in [0.25, 0.3) is 0 Å². The van der Waals surface area contributed by atoms with Crippen molar-refractivity contribution in [2.45, 2.75) is 37.8 Å². The molecule has 1 aromatic rings. The summed E-state index contributed by atoms with van der Waals surface area (Å²) in [4.78, 5) is 17.2. The van der Waals surface area contributed by atoms with Gasteiger partial charge in [0.25, 0.3) is 5.91 Å². The summed E-state index contributed by atoms with van der Waals surface area (Å²) in [6.07, 6.45) is 6.45. The van der Waals surface area contributed by atoms with Crippen LogP contribution < -0.4 is 4.74 Å². The van der Waals surface area contributed by atoms with Crippen molar-refractivity contribution in [3.05, 3.63) is 11.8 Å². The van der Waals surface area contributed by atoms with Gasteiger partial charge in [0.15, 0.2) is 0 Å². The summed E-state index contributed by atoms with van der Waals surface area (Å²) in [6.45, 7) is 3.80. The molecule has 0 N–H and O–H groups in total. The Balaban J connectivity index is 1.54. The van der Waals surface area contributed by atoms with Crippen molar-refractivity contribution in [2.24, 2.45) is 7.05 Å². The molecule has 24 heavy (non-hydrogen) atoms. The van der Waals surface area contributed by atoms with Crippen LogP contribution in [0.2, 0.25) is 0 Å². The van der Waals surface area contributed by atoms with Crippen molar-refractivity contribution in [1.82, 2.24) is 19.6 Å². The van der Waals surface area contributed by atoms with Gasteiger partial charge >= 0.3 is 0 Å². The molecule has 7 nitrogen and oxygen atoms in total. The van der Waals surface area contributed by atoms with E-state index in [9.17, 15) is 4.79 Å². The molecule has 0 unspecified atom stereocenters. The zero-order valence-corrected chi connectivity index (χ0v) is 14.9. The third-order valence-corrected chi connectivity index (χ3v) is 5.30. The number of aryl methyl sites for hydroxylation is 1. The Hall–Kier alpha value is -1.60. The third kappa shape index (κ3) is 3.57. The summed E-state index contributed by atoms with van der Waals surface area (Å²) >= 11 is 0. The number of ether oxygens (including phenoxy) is 2. The molecule has 0 aromatic carbocycles. The second-order valence-electron chi connectivity index (χ2n) is 6.72. The maximum atomic E-state index is 12.7. The van der Waals surface area contributed by atoms with E-state index in [0.29, 0.717) is 23.6 Å². The topological polar surface area (TPSA) is 59.8 Å². The smallest absolute Gasteiger partial charge is 0.260 e. The fourth-order valence-electron chi connectivity index (χ4n) is 3.85. The number of piperidine rings is 2. The lowest BCUT2D eigenvalue weighted by Gasteiger charge is -2.41. The van der Waals surface area contributed by atoms with Crippen LogP contribution in [-0.4, -0.2) is 78.0 Å². The summed E-state index contributed by atoms with van der Waals surface area (Å²) in [7, 11) is 5.15. The Labute approximate surface area is 143 Å². The molecule has 0 bridgehead atoms. The second kappa shape index (κ2) is 7.53. The lowest BCUT2D eigenvalue weighted by molar-refractivity contribution is 0.0145. The Kier molecular flexibility index (Phi) is 5.40. The van der Waals surface area contributed by atoms with E-state index >= 15 is 0 Å². The van der Waals surface area contributed by atoms with Crippen molar-refractivity contribution in [2.75, 3.05) is 40.4 Å². The van der Waals surface area contributed by atoms with Crippen molar-refractivity contribution in [3.8, 4) is 5.88 Å². The van der Waals surface area contributed by atoms with Gasteiger partial charge in [-0.1, -0.05) is 0 Å². The maximum absolute atomic E-state index is 12.7. The first-order chi connectivity index (χ1) is 11.6. The molecule has 0 aliphatic carbocycles. The van der Waals surface area contributed by atoms with E-state index in [4.69, 9.17) is 9.47 Å². The monoisotopic (exact) mass is 336 g/mol. The summed E-state index contributed by atoms with van der Waals surface area (Å²) in [5.74, 6) is 0.433. The maximum Gasteiger partial charge on any atom is 0.260 e. The number of amides is 1. The SMILES string of the molecule is COc1nn(C)cc1C(=O)N1CCC(N2CCC(OC)CC2)CC1. The number of carbonyl (C=O) groups excluding carboxylic acids is 1. The normalized spacial score (nSPS) is 21.2. The Morgan fingerprint density at radius 1 is 1.12 bits per heavy atom.